The first kappa shape index (κ1) is 28.7. The second-order valence-corrected chi connectivity index (χ2v) is 8.91. The van der Waals surface area contributed by atoms with Crippen molar-refractivity contribution < 1.29 is 33.5 Å². The Morgan fingerprint density at radius 2 is 1.85 bits per heavy atom. The summed E-state index contributed by atoms with van der Waals surface area (Å²) < 4.78 is 10.8. The second kappa shape index (κ2) is 13.1. The number of aromatic nitrogens is 1. The number of hydrogen-bond donors (Lipinski definition) is 4. The molecule has 0 aliphatic heterocycles. The van der Waals surface area contributed by atoms with Gasteiger partial charge in [0, 0.05) is 24.7 Å². The number of nitrogens with one attached hydrogen (secondary N) is 3. The number of aryl methyl sites for hydroxylation is 1. The molecule has 1 unspecified atom stereocenters. The minimum absolute atomic E-state index is 0.0514. The van der Waals surface area contributed by atoms with E-state index in [-0.39, 0.29) is 25.3 Å². The summed E-state index contributed by atoms with van der Waals surface area (Å²) in [6.07, 6.45) is 0.330. The number of nitrogens with zero attached hydrogens (tertiary/aromatic N) is 2. The van der Waals surface area contributed by atoms with E-state index in [4.69, 9.17) is 9.26 Å². The highest BCUT2D eigenvalue weighted by Gasteiger charge is 2.23. The van der Waals surface area contributed by atoms with Crippen molar-refractivity contribution in [3.8, 4) is 5.75 Å². The maximum atomic E-state index is 12.9. The van der Waals surface area contributed by atoms with Crippen molar-refractivity contribution in [2.75, 3.05) is 24.8 Å². The summed E-state index contributed by atoms with van der Waals surface area (Å²) in [5, 5.41) is 20.9. The number of carbonyl (C=O) groups excluding carboxylic acids is 3. The maximum absolute atomic E-state index is 12.9. The van der Waals surface area contributed by atoms with Gasteiger partial charge in [0.25, 0.3) is 0 Å². The lowest BCUT2D eigenvalue weighted by molar-refractivity contribution is -0.140. The van der Waals surface area contributed by atoms with Crippen LogP contribution in [-0.4, -0.2) is 59.7 Å². The van der Waals surface area contributed by atoms with Crippen molar-refractivity contribution in [3.63, 3.8) is 0 Å². The van der Waals surface area contributed by atoms with Crippen molar-refractivity contribution in [1.29, 1.82) is 0 Å². The number of amides is 4. The molecule has 0 saturated carbocycles. The topological polar surface area (TPSA) is 163 Å². The van der Waals surface area contributed by atoms with Gasteiger partial charge in [-0.05, 0) is 43.2 Å². The van der Waals surface area contributed by atoms with E-state index in [1.54, 1.807) is 38.2 Å². The number of urea groups is 1. The van der Waals surface area contributed by atoms with Crippen molar-refractivity contribution in [2.24, 2.45) is 0 Å². The summed E-state index contributed by atoms with van der Waals surface area (Å²) >= 11 is 0. The Morgan fingerprint density at radius 1 is 1.13 bits per heavy atom. The molecule has 12 heteroatoms. The fourth-order valence-corrected chi connectivity index (χ4v) is 3.79. The molecule has 3 rings (SSSR count). The number of aliphatic carboxylic acids is 1. The van der Waals surface area contributed by atoms with Gasteiger partial charge in [0.2, 0.25) is 12.3 Å². The minimum atomic E-state index is -1.19. The Bertz CT molecular complexity index is 1350. The molecule has 0 bridgehead atoms. The molecule has 1 aromatic heterocycles. The first-order valence-electron chi connectivity index (χ1n) is 12.0. The van der Waals surface area contributed by atoms with Crippen LogP contribution in [0.4, 0.5) is 16.2 Å². The molecule has 12 nitrogen and oxygen atoms in total. The summed E-state index contributed by atoms with van der Waals surface area (Å²) in [5.74, 6) is -0.594. The van der Waals surface area contributed by atoms with E-state index < -0.39 is 18.0 Å². The van der Waals surface area contributed by atoms with Gasteiger partial charge >= 0.3 is 12.0 Å². The molecule has 0 aliphatic carbocycles. The molecular formula is C27H31N5O7. The number of rotatable bonds is 12. The molecule has 4 amide bonds. The van der Waals surface area contributed by atoms with Gasteiger partial charge in [-0.1, -0.05) is 29.4 Å². The number of anilines is 2. The van der Waals surface area contributed by atoms with Crippen LogP contribution in [0.5, 0.6) is 5.75 Å². The molecule has 3 aromatic rings. The van der Waals surface area contributed by atoms with E-state index >= 15 is 0 Å². The average Bonchev–Trinajstić information content (AvgIpc) is 3.24. The zero-order valence-electron chi connectivity index (χ0n) is 22.1. The van der Waals surface area contributed by atoms with Gasteiger partial charge in [-0.3, -0.25) is 9.59 Å². The van der Waals surface area contributed by atoms with Crippen molar-refractivity contribution in [3.05, 3.63) is 70.6 Å². The molecule has 0 radical (unpaired) electrons. The third kappa shape index (κ3) is 7.57. The summed E-state index contributed by atoms with van der Waals surface area (Å²) in [5.41, 5.74) is 3.72. The molecule has 0 fully saturated rings. The van der Waals surface area contributed by atoms with Gasteiger partial charge in [0.05, 0.1) is 31.5 Å². The summed E-state index contributed by atoms with van der Waals surface area (Å²) in [6.45, 7) is 3.72. The van der Waals surface area contributed by atoms with Crippen LogP contribution < -0.4 is 20.7 Å². The Morgan fingerprint density at radius 3 is 2.51 bits per heavy atom. The molecule has 0 spiro atoms. The predicted octanol–water partition coefficient (Wildman–Crippen LogP) is 2.89. The van der Waals surface area contributed by atoms with Crippen molar-refractivity contribution >= 4 is 35.7 Å². The van der Waals surface area contributed by atoms with Gasteiger partial charge in [0.1, 0.15) is 11.8 Å². The predicted molar refractivity (Wildman–Crippen MR) is 143 cm³/mol. The van der Waals surface area contributed by atoms with E-state index in [2.05, 4.69) is 21.1 Å². The van der Waals surface area contributed by atoms with Crippen LogP contribution in [0.25, 0.3) is 0 Å². The number of carboxylic acids is 1. The number of benzene rings is 2. The Balaban J connectivity index is 1.62. The normalized spacial score (nSPS) is 11.3. The number of carbonyl (C=O) groups is 4. The zero-order valence-corrected chi connectivity index (χ0v) is 22.1. The second-order valence-electron chi connectivity index (χ2n) is 8.91. The first-order valence-corrected chi connectivity index (χ1v) is 12.0. The van der Waals surface area contributed by atoms with E-state index in [0.29, 0.717) is 46.1 Å². The van der Waals surface area contributed by atoms with Gasteiger partial charge in [-0.15, -0.1) is 0 Å². The van der Waals surface area contributed by atoms with Crippen LogP contribution in [0.15, 0.2) is 47.0 Å². The smallest absolute Gasteiger partial charge is 0.326 e. The molecule has 39 heavy (non-hydrogen) atoms. The van der Waals surface area contributed by atoms with Crippen LogP contribution in [0.1, 0.15) is 28.1 Å². The highest BCUT2D eigenvalue weighted by molar-refractivity contribution is 6.01. The molecule has 1 heterocycles. The summed E-state index contributed by atoms with van der Waals surface area (Å²) in [4.78, 5) is 48.8. The van der Waals surface area contributed by atoms with Gasteiger partial charge in [0.15, 0.2) is 5.76 Å². The van der Waals surface area contributed by atoms with Gasteiger partial charge in [-0.2, -0.15) is 0 Å². The molecule has 206 valence electrons. The van der Waals surface area contributed by atoms with Crippen LogP contribution >= 0.6 is 0 Å². The number of carboxylic acid groups (broad SMARTS) is 1. The van der Waals surface area contributed by atoms with Gasteiger partial charge in [-0.25, -0.2) is 9.59 Å². The molecular weight excluding hydrogens is 506 g/mol. The quantitative estimate of drug-likeness (QED) is 0.256. The maximum Gasteiger partial charge on any atom is 0.326 e. The molecule has 2 aromatic carbocycles. The summed E-state index contributed by atoms with van der Waals surface area (Å²) in [6, 6.07) is 10.9. The van der Waals surface area contributed by atoms with Crippen LogP contribution in [-0.2, 0) is 33.8 Å². The number of methoxy groups -OCH3 is 1. The fourth-order valence-electron chi connectivity index (χ4n) is 3.79. The Hall–Kier alpha value is -4.87. The third-order valence-corrected chi connectivity index (χ3v) is 6.15. The largest absolute Gasteiger partial charge is 0.495 e. The highest BCUT2D eigenvalue weighted by atomic mass is 16.5. The fraction of sp³-hybridized carbons (Fsp3) is 0.296. The summed E-state index contributed by atoms with van der Waals surface area (Å²) in [7, 11) is 3.09. The number of hydrogen-bond acceptors (Lipinski definition) is 7. The minimum Gasteiger partial charge on any atom is -0.495 e. The van der Waals surface area contributed by atoms with Crippen molar-refractivity contribution in [1.82, 2.24) is 15.4 Å². The first-order chi connectivity index (χ1) is 18.6. The van der Waals surface area contributed by atoms with E-state index in [1.807, 2.05) is 25.1 Å². The number of likely N-dealkylation sites (N-methyl/N-ethyl adjacent to an activating group) is 1. The van der Waals surface area contributed by atoms with E-state index in [1.165, 1.54) is 12.0 Å². The van der Waals surface area contributed by atoms with E-state index in [0.717, 1.165) is 5.56 Å². The zero-order chi connectivity index (χ0) is 28.5. The Labute approximate surface area is 225 Å². The molecule has 1 atom stereocenters. The third-order valence-electron chi connectivity index (χ3n) is 6.15. The molecule has 4 N–H and O–H groups in total. The average molecular weight is 538 g/mol. The van der Waals surface area contributed by atoms with E-state index in [9.17, 15) is 24.3 Å². The lowest BCUT2D eigenvalue weighted by atomic mass is 10.1. The van der Waals surface area contributed by atoms with Crippen LogP contribution in [0.3, 0.4) is 0 Å². The SMILES string of the molecule is COc1cc(CC(=O)N(C)Cc2onc(CC(NC=O)C(=O)O)c2C)ccc1NC(=O)Nc1ccccc1C. The number of para-hydroxylation sites is 1. The number of ether oxygens (including phenoxy) is 1. The lowest BCUT2D eigenvalue weighted by Gasteiger charge is -2.17. The molecule has 0 aliphatic rings. The van der Waals surface area contributed by atoms with Crippen molar-refractivity contribution in [2.45, 2.75) is 39.3 Å². The highest BCUT2D eigenvalue weighted by Crippen LogP contribution is 2.27. The monoisotopic (exact) mass is 537 g/mol. The van der Waals surface area contributed by atoms with Crippen LogP contribution in [0.2, 0.25) is 0 Å². The van der Waals surface area contributed by atoms with Gasteiger partial charge < -0.3 is 35.2 Å². The van der Waals surface area contributed by atoms with Crippen LogP contribution in [0, 0.1) is 13.8 Å². The standard InChI is InChI=1S/C27H31N5O7/c1-16-7-5-6-8-19(16)29-27(37)30-20-10-9-18(11-23(20)38-4)12-25(34)32(3)14-24-17(2)21(31-39-24)13-22(26(35)36)28-15-33/h5-11,15,22H,12-14H2,1-4H3,(H,28,33)(H,35,36)(H2,29,30,37). The molecule has 0 saturated heterocycles. The Kier molecular flexibility index (Phi) is 9.63. The lowest BCUT2D eigenvalue weighted by Crippen LogP contribution is -2.37.